The summed E-state index contributed by atoms with van der Waals surface area (Å²) >= 11 is 0. The molecule has 0 aromatic rings. The number of nitrogens with two attached hydrogens (primary N) is 1. The van der Waals surface area contributed by atoms with E-state index in [2.05, 4.69) is 46.4 Å². The molecule has 15 heavy (non-hydrogen) atoms. The van der Waals surface area contributed by atoms with E-state index < -0.39 is 0 Å². The second-order valence-corrected chi connectivity index (χ2v) is 6.10. The lowest BCUT2D eigenvalue weighted by molar-refractivity contribution is 0.167. The van der Waals surface area contributed by atoms with E-state index in [1.54, 1.807) is 0 Å². The van der Waals surface area contributed by atoms with Gasteiger partial charge in [0.15, 0.2) is 0 Å². The van der Waals surface area contributed by atoms with Crippen molar-refractivity contribution in [3.8, 4) is 0 Å². The smallest absolute Gasteiger partial charge is 0.00387 e. The predicted molar refractivity (Wildman–Crippen MR) is 69.0 cm³/mol. The monoisotopic (exact) mass is 214 g/mol. The normalized spacial score (nSPS) is 13.2. The maximum atomic E-state index is 5.75. The van der Waals surface area contributed by atoms with E-state index in [9.17, 15) is 0 Å². The topological polar surface area (TPSA) is 29.3 Å². The Hall–Kier alpha value is -0.0800. The first kappa shape index (κ1) is 14.9. The van der Waals surface area contributed by atoms with E-state index in [0.717, 1.165) is 12.5 Å². The van der Waals surface area contributed by atoms with Crippen LogP contribution in [0.3, 0.4) is 0 Å². The van der Waals surface area contributed by atoms with Crippen LogP contribution in [-0.2, 0) is 0 Å². The van der Waals surface area contributed by atoms with Crippen LogP contribution in [0.2, 0.25) is 0 Å². The fourth-order valence-corrected chi connectivity index (χ4v) is 1.58. The summed E-state index contributed by atoms with van der Waals surface area (Å²) in [6.45, 7) is 16.8. The molecule has 0 aliphatic heterocycles. The quantitative estimate of drug-likeness (QED) is 0.706. The van der Waals surface area contributed by atoms with Crippen LogP contribution in [0.5, 0.6) is 0 Å². The molecule has 0 aromatic heterocycles. The minimum absolute atomic E-state index is 0.282. The highest BCUT2D eigenvalue weighted by molar-refractivity contribution is 4.73. The van der Waals surface area contributed by atoms with Gasteiger partial charge in [-0.3, -0.25) is 0 Å². The van der Waals surface area contributed by atoms with Crippen molar-refractivity contribution in [2.24, 2.45) is 17.1 Å². The second kappa shape index (κ2) is 6.49. The number of hydrogen-bond donors (Lipinski definition) is 1. The molecule has 0 aliphatic carbocycles. The largest absolute Gasteiger partial charge is 0.330 e. The van der Waals surface area contributed by atoms with E-state index in [0.29, 0.717) is 6.04 Å². The van der Waals surface area contributed by atoms with Crippen molar-refractivity contribution < 1.29 is 0 Å². The van der Waals surface area contributed by atoms with Gasteiger partial charge in [0.05, 0.1) is 0 Å². The van der Waals surface area contributed by atoms with Gasteiger partial charge in [-0.2, -0.15) is 0 Å². The van der Waals surface area contributed by atoms with E-state index in [1.165, 1.54) is 19.5 Å². The third-order valence-electron chi connectivity index (χ3n) is 2.96. The lowest BCUT2D eigenvalue weighted by atomic mass is 9.89. The second-order valence-electron chi connectivity index (χ2n) is 6.10. The molecule has 2 nitrogen and oxygen atoms in total. The first-order chi connectivity index (χ1) is 6.78. The van der Waals surface area contributed by atoms with Crippen LogP contribution >= 0.6 is 0 Å². The molecule has 92 valence electrons. The van der Waals surface area contributed by atoms with Gasteiger partial charge in [0.2, 0.25) is 0 Å². The van der Waals surface area contributed by atoms with Crippen molar-refractivity contribution in [3.05, 3.63) is 0 Å². The van der Waals surface area contributed by atoms with Gasteiger partial charge in [-0.15, -0.1) is 0 Å². The van der Waals surface area contributed by atoms with E-state index >= 15 is 0 Å². The van der Waals surface area contributed by atoms with Gasteiger partial charge in [0.1, 0.15) is 0 Å². The third-order valence-corrected chi connectivity index (χ3v) is 2.96. The summed E-state index contributed by atoms with van der Waals surface area (Å²) < 4.78 is 0. The molecule has 0 bridgehead atoms. The van der Waals surface area contributed by atoms with Gasteiger partial charge in [-0.1, -0.05) is 27.7 Å². The van der Waals surface area contributed by atoms with Gasteiger partial charge in [-0.25, -0.2) is 0 Å². The Morgan fingerprint density at radius 1 is 1.13 bits per heavy atom. The Morgan fingerprint density at radius 3 is 2.00 bits per heavy atom. The molecule has 0 saturated carbocycles. The molecular weight excluding hydrogens is 184 g/mol. The molecule has 0 aromatic carbocycles. The van der Waals surface area contributed by atoms with Gasteiger partial charge in [0.25, 0.3) is 0 Å². The molecule has 2 N–H and O–H groups in total. The summed E-state index contributed by atoms with van der Waals surface area (Å²) in [5, 5.41) is 0. The fourth-order valence-electron chi connectivity index (χ4n) is 1.58. The molecule has 0 radical (unpaired) electrons. The maximum absolute atomic E-state index is 5.75. The van der Waals surface area contributed by atoms with Crippen molar-refractivity contribution in [2.45, 2.75) is 54.0 Å². The molecular formula is C13H30N2. The Balaban J connectivity index is 4.07. The molecule has 0 spiro atoms. The van der Waals surface area contributed by atoms with Crippen LogP contribution in [0.25, 0.3) is 0 Å². The molecule has 0 amide bonds. The number of nitrogens with zero attached hydrogens (tertiary/aromatic N) is 1. The number of hydrogen-bond acceptors (Lipinski definition) is 2. The Labute approximate surface area is 96.2 Å². The summed E-state index contributed by atoms with van der Waals surface area (Å²) in [4.78, 5) is 2.56. The van der Waals surface area contributed by atoms with Crippen LogP contribution in [-0.4, -0.2) is 30.6 Å². The summed E-state index contributed by atoms with van der Waals surface area (Å²) in [6.07, 6.45) is 1.19. The first-order valence-corrected chi connectivity index (χ1v) is 6.22. The van der Waals surface area contributed by atoms with E-state index in [1.807, 2.05) is 0 Å². The van der Waals surface area contributed by atoms with Gasteiger partial charge in [0, 0.05) is 12.6 Å². The van der Waals surface area contributed by atoms with Crippen molar-refractivity contribution in [3.63, 3.8) is 0 Å². The highest BCUT2D eigenvalue weighted by Crippen LogP contribution is 2.19. The van der Waals surface area contributed by atoms with Crippen LogP contribution in [0.1, 0.15) is 48.0 Å². The standard InChI is InChI=1S/C13H30N2/c1-11(2)9-15(12(3)4)8-7-13(5,6)10-14/h11-12H,7-10,14H2,1-6H3. The molecule has 2 heteroatoms. The lowest BCUT2D eigenvalue weighted by Crippen LogP contribution is -2.38. The van der Waals surface area contributed by atoms with Crippen LogP contribution in [0.15, 0.2) is 0 Å². The van der Waals surface area contributed by atoms with Crippen molar-refractivity contribution in [2.75, 3.05) is 19.6 Å². The molecule has 0 fully saturated rings. The Morgan fingerprint density at radius 2 is 1.67 bits per heavy atom. The molecule has 0 atom stereocenters. The molecule has 0 saturated heterocycles. The van der Waals surface area contributed by atoms with E-state index in [4.69, 9.17) is 5.73 Å². The molecule has 0 rings (SSSR count). The summed E-state index contributed by atoms with van der Waals surface area (Å²) in [6, 6.07) is 0.640. The zero-order valence-electron chi connectivity index (χ0n) is 11.5. The Kier molecular flexibility index (Phi) is 6.46. The Bertz CT molecular complexity index is 162. The molecule has 0 unspecified atom stereocenters. The van der Waals surface area contributed by atoms with Gasteiger partial charge in [-0.05, 0) is 44.7 Å². The average Bonchev–Trinajstić information content (AvgIpc) is 2.11. The van der Waals surface area contributed by atoms with Crippen LogP contribution in [0, 0.1) is 11.3 Å². The van der Waals surface area contributed by atoms with Gasteiger partial charge >= 0.3 is 0 Å². The van der Waals surface area contributed by atoms with Crippen molar-refractivity contribution >= 4 is 0 Å². The SMILES string of the molecule is CC(C)CN(CCC(C)(C)CN)C(C)C. The predicted octanol–water partition coefficient (Wildman–Crippen LogP) is 2.73. The maximum Gasteiger partial charge on any atom is 0.00387 e. The van der Waals surface area contributed by atoms with Gasteiger partial charge < -0.3 is 10.6 Å². The lowest BCUT2D eigenvalue weighted by Gasteiger charge is -2.32. The molecule has 0 aliphatic rings. The molecule has 0 heterocycles. The summed E-state index contributed by atoms with van der Waals surface area (Å²) in [5.41, 5.74) is 6.03. The van der Waals surface area contributed by atoms with Crippen molar-refractivity contribution in [1.29, 1.82) is 0 Å². The highest BCUT2D eigenvalue weighted by atomic mass is 15.1. The minimum Gasteiger partial charge on any atom is -0.330 e. The van der Waals surface area contributed by atoms with Crippen LogP contribution in [0.4, 0.5) is 0 Å². The van der Waals surface area contributed by atoms with Crippen molar-refractivity contribution in [1.82, 2.24) is 4.90 Å². The zero-order chi connectivity index (χ0) is 12.1. The van der Waals surface area contributed by atoms with E-state index in [-0.39, 0.29) is 5.41 Å². The summed E-state index contributed by atoms with van der Waals surface area (Å²) in [7, 11) is 0. The summed E-state index contributed by atoms with van der Waals surface area (Å²) in [5.74, 6) is 0.744. The highest BCUT2D eigenvalue weighted by Gasteiger charge is 2.18. The number of rotatable bonds is 7. The van der Waals surface area contributed by atoms with Crippen LogP contribution < -0.4 is 5.73 Å². The first-order valence-electron chi connectivity index (χ1n) is 6.22. The zero-order valence-corrected chi connectivity index (χ0v) is 11.5. The average molecular weight is 214 g/mol. The third kappa shape index (κ3) is 6.91. The fraction of sp³-hybridized carbons (Fsp3) is 1.00. The minimum atomic E-state index is 0.282.